The lowest BCUT2D eigenvalue weighted by molar-refractivity contribution is -0.222. The predicted octanol–water partition coefficient (Wildman–Crippen LogP) is 1.85. The van der Waals surface area contributed by atoms with Gasteiger partial charge in [0.05, 0.1) is 6.61 Å². The predicted molar refractivity (Wildman–Crippen MR) is 82.8 cm³/mol. The van der Waals surface area contributed by atoms with E-state index in [-0.39, 0.29) is 18.8 Å². The number of benzene rings is 1. The van der Waals surface area contributed by atoms with Gasteiger partial charge in [-0.1, -0.05) is 12.1 Å². The van der Waals surface area contributed by atoms with Crippen molar-refractivity contribution in [2.45, 2.75) is 26.6 Å². The minimum Gasteiger partial charge on any atom is -0.482 e. The highest BCUT2D eigenvalue weighted by Gasteiger charge is 2.38. The van der Waals surface area contributed by atoms with Crippen molar-refractivity contribution in [1.82, 2.24) is 0 Å². The van der Waals surface area contributed by atoms with E-state index in [1.165, 1.54) is 19.9 Å². The summed E-state index contributed by atoms with van der Waals surface area (Å²) in [6.45, 7) is 4.77. The van der Waals surface area contributed by atoms with Gasteiger partial charge in [-0.25, -0.2) is 14.4 Å². The number of rotatable bonds is 5. The van der Waals surface area contributed by atoms with Crippen LogP contribution in [0.2, 0.25) is 0 Å². The Morgan fingerprint density at radius 2 is 1.71 bits per heavy atom. The molecule has 1 saturated heterocycles. The van der Waals surface area contributed by atoms with Crippen LogP contribution in [0.1, 0.15) is 26.3 Å². The second-order valence-electron chi connectivity index (χ2n) is 5.40. The quantitative estimate of drug-likeness (QED) is 0.461. The normalized spacial score (nSPS) is 16.0. The second-order valence-corrected chi connectivity index (χ2v) is 5.40. The third kappa shape index (κ3) is 4.58. The summed E-state index contributed by atoms with van der Waals surface area (Å²) in [5.74, 6) is -2.74. The molecule has 2 rings (SSSR count). The largest absolute Gasteiger partial charge is 0.482 e. The molecule has 0 unspecified atom stereocenters. The molecule has 1 fully saturated rings. The number of ether oxygens (including phenoxy) is 4. The molecule has 1 aliphatic heterocycles. The Morgan fingerprint density at radius 3 is 2.25 bits per heavy atom. The fourth-order valence-electron chi connectivity index (χ4n) is 1.95. The number of cyclic esters (lactones) is 2. The van der Waals surface area contributed by atoms with E-state index in [0.29, 0.717) is 11.3 Å². The zero-order chi connectivity index (χ0) is 17.7. The lowest BCUT2D eigenvalue weighted by atomic mass is 10.1. The fraction of sp³-hybridized carbons (Fsp3) is 0.353. The van der Waals surface area contributed by atoms with Crippen LogP contribution in [0.4, 0.5) is 0 Å². The zero-order valence-corrected chi connectivity index (χ0v) is 13.7. The van der Waals surface area contributed by atoms with E-state index in [1.54, 1.807) is 31.2 Å². The molecule has 0 atom stereocenters. The molecular weight excluding hydrogens is 316 g/mol. The van der Waals surface area contributed by atoms with E-state index in [4.69, 9.17) is 18.9 Å². The van der Waals surface area contributed by atoms with Crippen LogP contribution in [0.5, 0.6) is 5.75 Å². The zero-order valence-electron chi connectivity index (χ0n) is 13.7. The standard InChI is InChI=1S/C17H18O7/c1-4-21-14(18)10-22-12-7-5-11(6-8-12)9-13-15(19)23-17(2,3)24-16(13)20/h5-9H,4,10H2,1-3H3. The van der Waals surface area contributed by atoms with Crippen molar-refractivity contribution in [3.8, 4) is 5.75 Å². The molecule has 0 aromatic heterocycles. The molecule has 7 nitrogen and oxygen atoms in total. The Morgan fingerprint density at radius 1 is 1.12 bits per heavy atom. The first-order chi connectivity index (χ1) is 11.3. The highest BCUT2D eigenvalue weighted by atomic mass is 16.7. The van der Waals surface area contributed by atoms with Crippen LogP contribution < -0.4 is 4.74 Å². The van der Waals surface area contributed by atoms with Crippen LogP contribution in [0.3, 0.4) is 0 Å². The van der Waals surface area contributed by atoms with Gasteiger partial charge in [0, 0.05) is 13.8 Å². The van der Waals surface area contributed by atoms with Gasteiger partial charge in [0.2, 0.25) is 0 Å². The molecule has 0 saturated carbocycles. The number of hydrogen-bond donors (Lipinski definition) is 0. The molecule has 0 spiro atoms. The molecule has 128 valence electrons. The second kappa shape index (κ2) is 7.16. The molecule has 0 aliphatic carbocycles. The van der Waals surface area contributed by atoms with E-state index in [1.807, 2.05) is 0 Å². The van der Waals surface area contributed by atoms with Crippen molar-refractivity contribution in [2.24, 2.45) is 0 Å². The summed E-state index contributed by atoms with van der Waals surface area (Å²) >= 11 is 0. The smallest absolute Gasteiger partial charge is 0.348 e. The van der Waals surface area contributed by atoms with Gasteiger partial charge in [-0.15, -0.1) is 0 Å². The minimum atomic E-state index is -1.27. The first-order valence-electron chi connectivity index (χ1n) is 7.37. The maximum absolute atomic E-state index is 11.9. The fourth-order valence-corrected chi connectivity index (χ4v) is 1.95. The first-order valence-corrected chi connectivity index (χ1v) is 7.37. The van der Waals surface area contributed by atoms with E-state index in [0.717, 1.165) is 0 Å². The van der Waals surface area contributed by atoms with Crippen LogP contribution >= 0.6 is 0 Å². The SMILES string of the molecule is CCOC(=O)COc1ccc(C=C2C(=O)OC(C)(C)OC2=O)cc1. The first kappa shape index (κ1) is 17.5. The van der Waals surface area contributed by atoms with Crippen LogP contribution in [0, 0.1) is 0 Å². The molecule has 0 N–H and O–H groups in total. The Bertz CT molecular complexity index is 649. The third-order valence-electron chi connectivity index (χ3n) is 2.97. The highest BCUT2D eigenvalue weighted by Crippen LogP contribution is 2.24. The Balaban J connectivity index is 2.04. The topological polar surface area (TPSA) is 88.1 Å². The molecule has 0 radical (unpaired) electrons. The van der Waals surface area contributed by atoms with Crippen molar-refractivity contribution in [1.29, 1.82) is 0 Å². The Labute approximate surface area is 139 Å². The van der Waals surface area contributed by atoms with Gasteiger partial charge in [0.25, 0.3) is 5.79 Å². The summed E-state index contributed by atoms with van der Waals surface area (Å²) in [6, 6.07) is 6.48. The van der Waals surface area contributed by atoms with Crippen molar-refractivity contribution in [3.63, 3.8) is 0 Å². The van der Waals surface area contributed by atoms with Crippen molar-refractivity contribution < 1.29 is 33.3 Å². The lowest BCUT2D eigenvalue weighted by Gasteiger charge is -2.29. The van der Waals surface area contributed by atoms with Crippen molar-refractivity contribution in [2.75, 3.05) is 13.2 Å². The minimum absolute atomic E-state index is 0.186. The summed E-state index contributed by atoms with van der Waals surface area (Å²) in [4.78, 5) is 34.9. The summed E-state index contributed by atoms with van der Waals surface area (Å²) in [5.41, 5.74) is 0.400. The van der Waals surface area contributed by atoms with Crippen LogP contribution in [0.25, 0.3) is 6.08 Å². The number of hydrogen-bond acceptors (Lipinski definition) is 7. The average molecular weight is 334 g/mol. The third-order valence-corrected chi connectivity index (χ3v) is 2.97. The van der Waals surface area contributed by atoms with Gasteiger partial charge in [-0.3, -0.25) is 0 Å². The number of carbonyl (C=O) groups excluding carboxylic acids is 3. The van der Waals surface area contributed by atoms with Gasteiger partial charge in [-0.05, 0) is 30.7 Å². The number of esters is 3. The molecule has 1 aromatic rings. The van der Waals surface area contributed by atoms with Crippen LogP contribution in [0.15, 0.2) is 29.8 Å². The Kier molecular flexibility index (Phi) is 5.23. The van der Waals surface area contributed by atoms with E-state index in [2.05, 4.69) is 0 Å². The van der Waals surface area contributed by atoms with Crippen molar-refractivity contribution in [3.05, 3.63) is 35.4 Å². The van der Waals surface area contributed by atoms with E-state index in [9.17, 15) is 14.4 Å². The van der Waals surface area contributed by atoms with Gasteiger partial charge in [0.1, 0.15) is 11.3 Å². The maximum Gasteiger partial charge on any atom is 0.348 e. The molecule has 7 heteroatoms. The van der Waals surface area contributed by atoms with E-state index >= 15 is 0 Å². The van der Waals surface area contributed by atoms with Crippen LogP contribution in [-0.2, 0) is 28.6 Å². The highest BCUT2D eigenvalue weighted by molar-refractivity contribution is 6.18. The average Bonchev–Trinajstić information content (AvgIpc) is 2.49. The number of carbonyl (C=O) groups is 3. The molecule has 0 bridgehead atoms. The maximum atomic E-state index is 11.9. The summed E-state index contributed by atoms with van der Waals surface area (Å²) < 4.78 is 20.0. The Hall–Kier alpha value is -2.83. The van der Waals surface area contributed by atoms with Gasteiger partial charge in [-0.2, -0.15) is 0 Å². The van der Waals surface area contributed by atoms with Gasteiger partial charge >= 0.3 is 17.9 Å². The monoisotopic (exact) mass is 334 g/mol. The van der Waals surface area contributed by atoms with Gasteiger partial charge in [0.15, 0.2) is 6.61 Å². The van der Waals surface area contributed by atoms with Crippen LogP contribution in [-0.4, -0.2) is 36.9 Å². The molecular formula is C17H18O7. The summed E-state index contributed by atoms with van der Waals surface area (Å²) in [5, 5.41) is 0. The van der Waals surface area contributed by atoms with Gasteiger partial charge < -0.3 is 18.9 Å². The lowest BCUT2D eigenvalue weighted by Crippen LogP contribution is -2.41. The molecule has 1 aromatic carbocycles. The van der Waals surface area contributed by atoms with Crippen molar-refractivity contribution >= 4 is 24.0 Å². The van der Waals surface area contributed by atoms with E-state index < -0.39 is 23.7 Å². The summed E-state index contributed by atoms with van der Waals surface area (Å²) in [6.07, 6.45) is 1.37. The molecule has 24 heavy (non-hydrogen) atoms. The molecule has 1 aliphatic rings. The molecule has 0 amide bonds. The molecule has 1 heterocycles. The summed E-state index contributed by atoms with van der Waals surface area (Å²) in [7, 11) is 0.